The molecule has 0 aromatic carbocycles. The number of esters is 1. The Labute approximate surface area is 91.5 Å². The van der Waals surface area contributed by atoms with Crippen molar-refractivity contribution in [3.63, 3.8) is 0 Å². The third-order valence-corrected chi connectivity index (χ3v) is 2.24. The zero-order chi connectivity index (χ0) is 12.3. The first-order valence-electron chi connectivity index (χ1n) is 4.64. The van der Waals surface area contributed by atoms with E-state index in [1.54, 1.807) is 0 Å². The van der Waals surface area contributed by atoms with Crippen LogP contribution in [-0.4, -0.2) is 63.7 Å². The van der Waals surface area contributed by atoms with Crippen LogP contribution in [0.1, 0.15) is 0 Å². The van der Waals surface area contributed by atoms with Gasteiger partial charge in [0.15, 0.2) is 6.29 Å². The molecule has 7 heteroatoms. The molecular formula is C9H14O7. The molecule has 16 heavy (non-hydrogen) atoms. The number of aliphatic hydroxyl groups excluding tert-OH is 4. The van der Waals surface area contributed by atoms with Gasteiger partial charge in [0.2, 0.25) is 0 Å². The highest BCUT2D eigenvalue weighted by Crippen LogP contribution is 2.19. The van der Waals surface area contributed by atoms with Gasteiger partial charge >= 0.3 is 5.97 Å². The Morgan fingerprint density at radius 3 is 2.44 bits per heavy atom. The number of aliphatic hydroxyl groups is 4. The van der Waals surface area contributed by atoms with Crippen molar-refractivity contribution in [2.45, 2.75) is 30.7 Å². The largest absolute Gasteiger partial charge is 0.460 e. The highest BCUT2D eigenvalue weighted by Gasteiger charge is 2.43. The molecule has 0 bridgehead atoms. The molecule has 1 aliphatic heterocycles. The first kappa shape index (κ1) is 13.1. The maximum absolute atomic E-state index is 10.7. The monoisotopic (exact) mass is 234 g/mol. The van der Waals surface area contributed by atoms with E-state index in [0.29, 0.717) is 0 Å². The fourth-order valence-corrected chi connectivity index (χ4v) is 1.29. The second kappa shape index (κ2) is 5.37. The lowest BCUT2D eigenvalue weighted by atomic mass is 9.99. The Morgan fingerprint density at radius 1 is 1.25 bits per heavy atom. The number of carbonyl (C=O) groups is 1. The van der Waals surface area contributed by atoms with Gasteiger partial charge in [-0.05, 0) is 0 Å². The predicted octanol–water partition coefficient (Wildman–Crippen LogP) is -2.48. The maximum Gasteiger partial charge on any atom is 0.330 e. The molecule has 5 atom stereocenters. The van der Waals surface area contributed by atoms with Crippen molar-refractivity contribution in [3.05, 3.63) is 12.7 Å². The highest BCUT2D eigenvalue weighted by molar-refractivity contribution is 5.81. The third kappa shape index (κ3) is 2.77. The van der Waals surface area contributed by atoms with E-state index in [0.717, 1.165) is 6.08 Å². The minimum absolute atomic E-state index is 0.354. The summed E-state index contributed by atoms with van der Waals surface area (Å²) in [6.07, 6.45) is -6.41. The molecule has 1 fully saturated rings. The normalized spacial score (nSPS) is 39.1. The van der Waals surface area contributed by atoms with Crippen molar-refractivity contribution in [2.75, 3.05) is 6.61 Å². The summed E-state index contributed by atoms with van der Waals surface area (Å²) in [7, 11) is 0. The van der Waals surface area contributed by atoms with Crippen LogP contribution in [0.25, 0.3) is 0 Å². The zero-order valence-corrected chi connectivity index (χ0v) is 8.39. The predicted molar refractivity (Wildman–Crippen MR) is 50.1 cm³/mol. The third-order valence-electron chi connectivity index (χ3n) is 2.24. The van der Waals surface area contributed by atoms with Crippen LogP contribution in [-0.2, 0) is 14.3 Å². The van der Waals surface area contributed by atoms with Gasteiger partial charge in [-0.25, -0.2) is 4.79 Å². The molecule has 1 aliphatic rings. The standard InChI is InChI=1S/C9H14O7/c1-2-5(10)15-3-4-6(11)7(12)8(13)9(14)16-4/h2,4,6-9,11-14H,1,3H2/t4?,6-,7?,8?,9+/m1/s1. The second-order valence-electron chi connectivity index (χ2n) is 3.37. The van der Waals surface area contributed by atoms with Gasteiger partial charge in [-0.3, -0.25) is 0 Å². The van der Waals surface area contributed by atoms with Crippen molar-refractivity contribution < 1.29 is 34.7 Å². The van der Waals surface area contributed by atoms with E-state index in [9.17, 15) is 15.0 Å². The molecule has 0 spiro atoms. The number of ether oxygens (including phenoxy) is 2. The van der Waals surface area contributed by atoms with Crippen LogP contribution in [0, 0.1) is 0 Å². The molecule has 92 valence electrons. The van der Waals surface area contributed by atoms with E-state index in [2.05, 4.69) is 11.3 Å². The summed E-state index contributed by atoms with van der Waals surface area (Å²) in [4.78, 5) is 10.7. The Morgan fingerprint density at radius 2 is 1.88 bits per heavy atom. The molecule has 1 heterocycles. The minimum atomic E-state index is -1.63. The summed E-state index contributed by atoms with van der Waals surface area (Å²) >= 11 is 0. The zero-order valence-electron chi connectivity index (χ0n) is 8.39. The van der Waals surface area contributed by atoms with E-state index in [1.165, 1.54) is 0 Å². The summed E-state index contributed by atoms with van der Waals surface area (Å²) in [5.41, 5.74) is 0. The van der Waals surface area contributed by atoms with Gasteiger partial charge in [0.1, 0.15) is 31.0 Å². The Kier molecular flexibility index (Phi) is 4.39. The van der Waals surface area contributed by atoms with E-state index in [4.69, 9.17) is 14.9 Å². The van der Waals surface area contributed by atoms with Gasteiger partial charge in [0.05, 0.1) is 0 Å². The lowest BCUT2D eigenvalue weighted by molar-refractivity contribution is -0.287. The fraction of sp³-hybridized carbons (Fsp3) is 0.667. The number of hydrogen-bond donors (Lipinski definition) is 4. The average Bonchev–Trinajstić information content (AvgIpc) is 2.28. The molecule has 7 nitrogen and oxygen atoms in total. The van der Waals surface area contributed by atoms with Crippen LogP contribution in [0.3, 0.4) is 0 Å². The molecule has 0 radical (unpaired) electrons. The molecular weight excluding hydrogens is 220 g/mol. The van der Waals surface area contributed by atoms with Crippen molar-refractivity contribution in [2.24, 2.45) is 0 Å². The second-order valence-corrected chi connectivity index (χ2v) is 3.37. The Balaban J connectivity index is 2.53. The Hall–Kier alpha value is -0.990. The minimum Gasteiger partial charge on any atom is -0.460 e. The van der Waals surface area contributed by atoms with Gasteiger partial charge in [-0.1, -0.05) is 6.58 Å². The number of carbonyl (C=O) groups excluding carboxylic acids is 1. The SMILES string of the molecule is C=CC(=O)OCC1O[C@H](O)C(O)C(O)[C@@H]1O. The number of hydrogen-bond acceptors (Lipinski definition) is 7. The molecule has 1 rings (SSSR count). The summed E-state index contributed by atoms with van der Waals surface area (Å²) in [5.74, 6) is -0.717. The Bertz CT molecular complexity index is 267. The lowest BCUT2D eigenvalue weighted by Crippen LogP contribution is -2.58. The van der Waals surface area contributed by atoms with Gasteiger partial charge in [-0.15, -0.1) is 0 Å². The fourth-order valence-electron chi connectivity index (χ4n) is 1.29. The van der Waals surface area contributed by atoms with Crippen molar-refractivity contribution in [1.82, 2.24) is 0 Å². The molecule has 0 amide bonds. The molecule has 3 unspecified atom stereocenters. The quantitative estimate of drug-likeness (QED) is 0.315. The first-order valence-corrected chi connectivity index (χ1v) is 4.64. The molecule has 0 aliphatic carbocycles. The van der Waals surface area contributed by atoms with Gasteiger partial charge < -0.3 is 29.9 Å². The van der Waals surface area contributed by atoms with Crippen molar-refractivity contribution in [1.29, 1.82) is 0 Å². The lowest BCUT2D eigenvalue weighted by Gasteiger charge is -2.37. The van der Waals surface area contributed by atoms with Crippen LogP contribution in [0.15, 0.2) is 12.7 Å². The van der Waals surface area contributed by atoms with Gasteiger partial charge in [-0.2, -0.15) is 0 Å². The number of rotatable bonds is 3. The topological polar surface area (TPSA) is 116 Å². The molecule has 0 aromatic heterocycles. The van der Waals surface area contributed by atoms with Crippen LogP contribution in [0.2, 0.25) is 0 Å². The van der Waals surface area contributed by atoms with Gasteiger partial charge in [0, 0.05) is 6.08 Å². The highest BCUT2D eigenvalue weighted by atomic mass is 16.6. The van der Waals surface area contributed by atoms with E-state index in [1.807, 2.05) is 0 Å². The smallest absolute Gasteiger partial charge is 0.330 e. The van der Waals surface area contributed by atoms with Crippen LogP contribution in [0.5, 0.6) is 0 Å². The van der Waals surface area contributed by atoms with E-state index < -0.39 is 36.7 Å². The van der Waals surface area contributed by atoms with Crippen molar-refractivity contribution in [3.8, 4) is 0 Å². The first-order chi connectivity index (χ1) is 7.47. The summed E-state index contributed by atoms with van der Waals surface area (Å²) in [6, 6.07) is 0. The van der Waals surface area contributed by atoms with Crippen molar-refractivity contribution >= 4 is 5.97 Å². The molecule has 1 saturated heterocycles. The average molecular weight is 234 g/mol. The van der Waals surface area contributed by atoms with E-state index >= 15 is 0 Å². The maximum atomic E-state index is 10.7. The van der Waals surface area contributed by atoms with E-state index in [-0.39, 0.29) is 6.61 Å². The molecule has 0 aromatic rings. The van der Waals surface area contributed by atoms with Crippen LogP contribution in [0.4, 0.5) is 0 Å². The molecule has 0 saturated carbocycles. The molecule has 4 N–H and O–H groups in total. The summed E-state index contributed by atoms with van der Waals surface area (Å²) in [5, 5.41) is 37.1. The summed E-state index contributed by atoms with van der Waals surface area (Å²) < 4.78 is 9.35. The van der Waals surface area contributed by atoms with Gasteiger partial charge in [0.25, 0.3) is 0 Å². The summed E-state index contributed by atoms with van der Waals surface area (Å²) in [6.45, 7) is 2.81. The van der Waals surface area contributed by atoms with Crippen LogP contribution >= 0.6 is 0 Å². The van der Waals surface area contributed by atoms with Crippen LogP contribution < -0.4 is 0 Å².